The Balaban J connectivity index is 2.01. The minimum absolute atomic E-state index is 0.0180. The maximum atomic E-state index is 11.6. The maximum Gasteiger partial charge on any atom is 0.339 e. The molecule has 104 valence electrons. The zero-order valence-electron chi connectivity index (χ0n) is 10.0. The number of urea groups is 1. The summed E-state index contributed by atoms with van der Waals surface area (Å²) < 4.78 is 4.49. The number of aromatic nitrogens is 2. The molecule has 4 N–H and O–H groups in total. The highest BCUT2D eigenvalue weighted by Crippen LogP contribution is 2.27. The third-order valence-electron chi connectivity index (χ3n) is 2.33. The fourth-order valence-electron chi connectivity index (χ4n) is 1.41. The molecule has 9 heteroatoms. The average Bonchev–Trinajstić information content (AvgIpc) is 2.91. The quantitative estimate of drug-likeness (QED) is 0.606. The van der Waals surface area contributed by atoms with Crippen molar-refractivity contribution in [3.05, 3.63) is 36.0 Å². The average molecular weight is 278 g/mol. The highest BCUT2D eigenvalue weighted by Gasteiger charge is 2.14. The van der Waals surface area contributed by atoms with E-state index in [9.17, 15) is 14.7 Å². The molecule has 0 radical (unpaired) electrons. The number of phenols is 1. The fraction of sp³-hybridized carbons (Fsp3) is 0.0909. The summed E-state index contributed by atoms with van der Waals surface area (Å²) in [7, 11) is 0. The molecule has 1 heterocycles. The van der Waals surface area contributed by atoms with E-state index in [-0.39, 0.29) is 23.6 Å². The van der Waals surface area contributed by atoms with Crippen LogP contribution in [0, 0.1) is 0 Å². The molecule has 0 aliphatic carbocycles. The van der Waals surface area contributed by atoms with E-state index >= 15 is 0 Å². The molecule has 2 rings (SSSR count). The van der Waals surface area contributed by atoms with Gasteiger partial charge in [-0.05, 0) is 12.1 Å². The summed E-state index contributed by atoms with van der Waals surface area (Å²) in [5, 5.41) is 26.8. The number of aromatic hydroxyl groups is 1. The number of amides is 2. The molecular formula is C11H10N4O5. The van der Waals surface area contributed by atoms with Gasteiger partial charge in [-0.1, -0.05) is 11.2 Å². The summed E-state index contributed by atoms with van der Waals surface area (Å²) in [5.74, 6) is -1.53. The first kappa shape index (κ1) is 13.3. The predicted octanol–water partition coefficient (Wildman–Crippen LogP) is 0.795. The second-order valence-electron chi connectivity index (χ2n) is 3.66. The first-order valence-corrected chi connectivity index (χ1v) is 5.43. The van der Waals surface area contributed by atoms with Gasteiger partial charge in [0.2, 0.25) is 6.39 Å². The van der Waals surface area contributed by atoms with E-state index < -0.39 is 17.7 Å². The van der Waals surface area contributed by atoms with Crippen LogP contribution in [0.3, 0.4) is 0 Å². The number of nitrogens with one attached hydrogen (secondary N) is 2. The van der Waals surface area contributed by atoms with Crippen LogP contribution in [-0.2, 0) is 6.54 Å². The van der Waals surface area contributed by atoms with E-state index in [2.05, 4.69) is 25.3 Å². The lowest BCUT2D eigenvalue weighted by Crippen LogP contribution is -2.28. The number of anilines is 1. The number of aromatic carboxylic acids is 1. The summed E-state index contributed by atoms with van der Waals surface area (Å²) in [5.41, 5.74) is -0.323. The van der Waals surface area contributed by atoms with Crippen molar-refractivity contribution in [2.24, 2.45) is 0 Å². The third kappa shape index (κ3) is 3.02. The number of hydrogen-bond donors (Lipinski definition) is 4. The van der Waals surface area contributed by atoms with Crippen molar-refractivity contribution >= 4 is 17.7 Å². The van der Waals surface area contributed by atoms with Crippen LogP contribution in [0.4, 0.5) is 10.5 Å². The standard InChI is InChI=1S/C11H10N4O5/c16-9-6(10(17)18)2-1-3-7(9)14-11(19)12-4-8-13-5-20-15-8/h1-3,5,16H,4H2,(H,17,18)(H2,12,14,19). The molecule has 0 fully saturated rings. The molecule has 0 bridgehead atoms. The van der Waals surface area contributed by atoms with E-state index in [0.29, 0.717) is 0 Å². The van der Waals surface area contributed by atoms with Gasteiger partial charge in [0.25, 0.3) is 0 Å². The van der Waals surface area contributed by atoms with Crippen LogP contribution in [0.1, 0.15) is 16.2 Å². The number of carboxylic acid groups (broad SMARTS) is 1. The first-order valence-electron chi connectivity index (χ1n) is 5.43. The van der Waals surface area contributed by atoms with E-state index in [0.717, 1.165) is 6.39 Å². The number of carboxylic acids is 1. The Hall–Kier alpha value is -3.10. The molecule has 0 atom stereocenters. The monoisotopic (exact) mass is 278 g/mol. The lowest BCUT2D eigenvalue weighted by molar-refractivity contribution is 0.0693. The van der Waals surface area contributed by atoms with Crippen molar-refractivity contribution in [1.82, 2.24) is 15.5 Å². The van der Waals surface area contributed by atoms with Crippen LogP contribution >= 0.6 is 0 Å². The molecule has 0 unspecified atom stereocenters. The van der Waals surface area contributed by atoms with E-state index in [1.54, 1.807) is 0 Å². The number of hydrogen-bond acceptors (Lipinski definition) is 6. The number of nitrogens with zero attached hydrogens (tertiary/aromatic N) is 2. The topological polar surface area (TPSA) is 138 Å². The smallest absolute Gasteiger partial charge is 0.339 e. The van der Waals surface area contributed by atoms with Crippen LogP contribution in [0.25, 0.3) is 0 Å². The Morgan fingerprint density at radius 2 is 2.15 bits per heavy atom. The molecule has 20 heavy (non-hydrogen) atoms. The van der Waals surface area contributed by atoms with Gasteiger partial charge in [-0.2, -0.15) is 4.98 Å². The Morgan fingerprint density at radius 1 is 1.35 bits per heavy atom. The lowest BCUT2D eigenvalue weighted by Gasteiger charge is -2.09. The van der Waals surface area contributed by atoms with Crippen molar-refractivity contribution in [2.45, 2.75) is 6.54 Å². The Bertz CT molecular complexity index is 626. The summed E-state index contributed by atoms with van der Waals surface area (Å²) in [6, 6.07) is 3.35. The highest BCUT2D eigenvalue weighted by molar-refractivity contribution is 5.97. The predicted molar refractivity (Wildman–Crippen MR) is 65.2 cm³/mol. The van der Waals surface area contributed by atoms with Crippen molar-refractivity contribution in [3.8, 4) is 5.75 Å². The van der Waals surface area contributed by atoms with Gasteiger partial charge in [-0.15, -0.1) is 0 Å². The van der Waals surface area contributed by atoms with Crippen molar-refractivity contribution in [1.29, 1.82) is 0 Å². The molecule has 1 aromatic heterocycles. The van der Waals surface area contributed by atoms with Crippen LogP contribution in [-0.4, -0.2) is 32.4 Å². The number of para-hydroxylation sites is 1. The van der Waals surface area contributed by atoms with Crippen LogP contribution < -0.4 is 10.6 Å². The minimum atomic E-state index is -1.29. The van der Waals surface area contributed by atoms with Gasteiger partial charge in [-0.25, -0.2) is 9.59 Å². The summed E-state index contributed by atoms with van der Waals surface area (Å²) in [6.45, 7) is 0.0295. The van der Waals surface area contributed by atoms with Gasteiger partial charge in [0.15, 0.2) is 11.6 Å². The zero-order chi connectivity index (χ0) is 14.5. The Morgan fingerprint density at radius 3 is 2.80 bits per heavy atom. The van der Waals surface area contributed by atoms with Gasteiger partial charge >= 0.3 is 12.0 Å². The van der Waals surface area contributed by atoms with E-state index in [1.165, 1.54) is 18.2 Å². The lowest BCUT2D eigenvalue weighted by atomic mass is 10.2. The maximum absolute atomic E-state index is 11.6. The summed E-state index contributed by atoms with van der Waals surface area (Å²) in [6.07, 6.45) is 1.12. The minimum Gasteiger partial charge on any atom is -0.505 e. The van der Waals surface area contributed by atoms with Crippen molar-refractivity contribution in [3.63, 3.8) is 0 Å². The summed E-state index contributed by atoms with van der Waals surface area (Å²) >= 11 is 0. The third-order valence-corrected chi connectivity index (χ3v) is 2.33. The Kier molecular flexibility index (Phi) is 3.80. The van der Waals surface area contributed by atoms with E-state index in [4.69, 9.17) is 5.11 Å². The summed E-state index contributed by atoms with van der Waals surface area (Å²) in [4.78, 5) is 26.1. The molecule has 9 nitrogen and oxygen atoms in total. The van der Waals surface area contributed by atoms with Gasteiger partial charge in [0, 0.05) is 0 Å². The molecule has 2 amide bonds. The van der Waals surface area contributed by atoms with Gasteiger partial charge in [-0.3, -0.25) is 0 Å². The molecule has 0 spiro atoms. The van der Waals surface area contributed by atoms with Gasteiger partial charge in [0.05, 0.1) is 12.2 Å². The number of carbonyl (C=O) groups excluding carboxylic acids is 1. The molecular weight excluding hydrogens is 268 g/mol. The molecule has 2 aromatic rings. The molecule has 0 aliphatic heterocycles. The van der Waals surface area contributed by atoms with Crippen molar-refractivity contribution < 1.29 is 24.3 Å². The molecule has 1 aromatic carbocycles. The van der Waals surface area contributed by atoms with Crippen LogP contribution in [0.5, 0.6) is 5.75 Å². The number of rotatable bonds is 4. The largest absolute Gasteiger partial charge is 0.505 e. The Labute approximate surface area is 112 Å². The number of benzene rings is 1. The molecule has 0 saturated heterocycles. The first-order chi connectivity index (χ1) is 9.58. The second kappa shape index (κ2) is 5.69. The fourth-order valence-corrected chi connectivity index (χ4v) is 1.41. The van der Waals surface area contributed by atoms with E-state index in [1.807, 2.05) is 0 Å². The SMILES string of the molecule is O=C(NCc1ncon1)Nc1cccc(C(=O)O)c1O. The highest BCUT2D eigenvalue weighted by atomic mass is 16.5. The normalized spacial score (nSPS) is 10.0. The zero-order valence-corrected chi connectivity index (χ0v) is 10.0. The van der Waals surface area contributed by atoms with Crippen molar-refractivity contribution in [2.75, 3.05) is 5.32 Å². The second-order valence-corrected chi connectivity index (χ2v) is 3.66. The van der Waals surface area contributed by atoms with Gasteiger partial charge < -0.3 is 25.4 Å². The van der Waals surface area contributed by atoms with Crippen LogP contribution in [0.15, 0.2) is 29.1 Å². The van der Waals surface area contributed by atoms with Gasteiger partial charge in [0.1, 0.15) is 5.56 Å². The number of carbonyl (C=O) groups is 2. The molecule has 0 saturated carbocycles. The molecule has 0 aliphatic rings. The van der Waals surface area contributed by atoms with Crippen LogP contribution in [0.2, 0.25) is 0 Å².